The van der Waals surface area contributed by atoms with Gasteiger partial charge in [-0.1, -0.05) is 20.8 Å². The monoisotopic (exact) mass is 382 g/mol. The third kappa shape index (κ3) is 4.03. The number of pyridine rings is 1. The maximum absolute atomic E-state index is 13.2. The highest BCUT2D eigenvalue weighted by molar-refractivity contribution is 6.05. The molecule has 0 atom stereocenters. The smallest absolute Gasteiger partial charge is 0.259 e. The molecule has 0 aliphatic carbocycles. The van der Waals surface area contributed by atoms with Gasteiger partial charge in [0.25, 0.3) is 11.5 Å². The Morgan fingerprint density at radius 3 is 2.54 bits per heavy atom. The van der Waals surface area contributed by atoms with Crippen LogP contribution in [0.5, 0.6) is 0 Å². The average Bonchev–Trinajstić information content (AvgIpc) is 3.11. The minimum atomic E-state index is -0.331. The lowest BCUT2D eigenvalue weighted by atomic mass is 10.0. The Bertz CT molecular complexity index is 1040. The third-order valence-corrected chi connectivity index (χ3v) is 4.37. The van der Waals surface area contributed by atoms with Gasteiger partial charge in [0.05, 0.1) is 28.8 Å². The number of carbonyl (C=O) groups is 1. The van der Waals surface area contributed by atoms with E-state index in [1.165, 1.54) is 24.4 Å². The Morgan fingerprint density at radius 1 is 1.18 bits per heavy atom. The van der Waals surface area contributed by atoms with Crippen molar-refractivity contribution in [1.29, 1.82) is 0 Å². The molecule has 3 rings (SSSR count). The summed E-state index contributed by atoms with van der Waals surface area (Å²) in [5.74, 6) is -0.622. The van der Waals surface area contributed by atoms with Gasteiger partial charge in [0.1, 0.15) is 5.82 Å². The van der Waals surface area contributed by atoms with E-state index in [2.05, 4.69) is 10.4 Å². The van der Waals surface area contributed by atoms with Crippen molar-refractivity contribution < 1.29 is 9.18 Å². The molecular formula is C21H23FN4O2. The molecule has 28 heavy (non-hydrogen) atoms. The van der Waals surface area contributed by atoms with E-state index in [0.717, 1.165) is 12.1 Å². The molecular weight excluding hydrogens is 359 g/mol. The van der Waals surface area contributed by atoms with Crippen LogP contribution in [0.3, 0.4) is 0 Å². The summed E-state index contributed by atoms with van der Waals surface area (Å²) in [6.45, 7) is 6.50. The summed E-state index contributed by atoms with van der Waals surface area (Å²) in [7, 11) is 0. The summed E-state index contributed by atoms with van der Waals surface area (Å²) < 4.78 is 16.5. The van der Waals surface area contributed by atoms with Crippen LogP contribution in [0.15, 0.2) is 53.6 Å². The standard InChI is InChI=1S/C21H23FN4O2/c1-4-11-25-13-16(7-10-19(25)27)24-21(28)18-12-23-26(20(18)14(2)3)17-8-5-15(22)6-9-17/h5-10,12-14H,4,11H2,1-3H3,(H,24,28). The number of aryl methyl sites for hydroxylation is 1. The lowest BCUT2D eigenvalue weighted by Crippen LogP contribution is -2.21. The fraction of sp³-hybridized carbons (Fsp3) is 0.286. The van der Waals surface area contributed by atoms with E-state index in [9.17, 15) is 14.0 Å². The fourth-order valence-corrected chi connectivity index (χ4v) is 3.10. The second-order valence-electron chi connectivity index (χ2n) is 6.89. The highest BCUT2D eigenvalue weighted by Crippen LogP contribution is 2.24. The molecule has 3 aromatic rings. The van der Waals surface area contributed by atoms with Gasteiger partial charge in [0.15, 0.2) is 0 Å². The largest absolute Gasteiger partial charge is 0.321 e. The van der Waals surface area contributed by atoms with Crippen LogP contribution < -0.4 is 10.9 Å². The maximum atomic E-state index is 13.2. The van der Waals surface area contributed by atoms with Gasteiger partial charge in [-0.25, -0.2) is 9.07 Å². The van der Waals surface area contributed by atoms with Crippen molar-refractivity contribution in [2.24, 2.45) is 0 Å². The molecule has 0 aliphatic heterocycles. The molecule has 0 saturated carbocycles. The van der Waals surface area contributed by atoms with E-state index in [4.69, 9.17) is 0 Å². The molecule has 0 bridgehead atoms. The van der Waals surface area contributed by atoms with Crippen LogP contribution in [0.4, 0.5) is 10.1 Å². The number of hydrogen-bond acceptors (Lipinski definition) is 3. The number of nitrogens with zero attached hydrogens (tertiary/aromatic N) is 3. The van der Waals surface area contributed by atoms with Crippen LogP contribution >= 0.6 is 0 Å². The quantitative estimate of drug-likeness (QED) is 0.702. The second kappa shape index (κ2) is 8.21. The van der Waals surface area contributed by atoms with Crippen molar-refractivity contribution in [2.75, 3.05) is 5.32 Å². The Balaban J connectivity index is 1.93. The van der Waals surface area contributed by atoms with Crippen molar-refractivity contribution in [3.63, 3.8) is 0 Å². The van der Waals surface area contributed by atoms with Crippen LogP contribution in [0.2, 0.25) is 0 Å². The van der Waals surface area contributed by atoms with Crippen LogP contribution in [-0.4, -0.2) is 20.3 Å². The topological polar surface area (TPSA) is 68.9 Å². The van der Waals surface area contributed by atoms with Gasteiger partial charge < -0.3 is 9.88 Å². The lowest BCUT2D eigenvalue weighted by molar-refractivity contribution is 0.102. The molecule has 7 heteroatoms. The van der Waals surface area contributed by atoms with Gasteiger partial charge in [-0.3, -0.25) is 9.59 Å². The molecule has 2 aromatic heterocycles. The first-order chi connectivity index (χ1) is 13.4. The van der Waals surface area contributed by atoms with E-state index < -0.39 is 0 Å². The number of anilines is 1. The van der Waals surface area contributed by atoms with Gasteiger partial charge in [-0.15, -0.1) is 0 Å². The third-order valence-electron chi connectivity index (χ3n) is 4.37. The van der Waals surface area contributed by atoms with Gasteiger partial charge in [-0.05, 0) is 42.7 Å². The molecule has 0 radical (unpaired) electrons. The van der Waals surface area contributed by atoms with Crippen LogP contribution in [0.25, 0.3) is 5.69 Å². The van der Waals surface area contributed by atoms with Crippen molar-refractivity contribution in [1.82, 2.24) is 14.3 Å². The number of nitrogens with one attached hydrogen (secondary N) is 1. The van der Waals surface area contributed by atoms with Crippen molar-refractivity contribution >= 4 is 11.6 Å². The molecule has 0 unspecified atom stereocenters. The Labute approximate surface area is 162 Å². The van der Waals surface area contributed by atoms with Gasteiger partial charge in [-0.2, -0.15) is 5.10 Å². The molecule has 0 spiro atoms. The summed E-state index contributed by atoms with van der Waals surface area (Å²) in [5, 5.41) is 7.18. The first-order valence-corrected chi connectivity index (χ1v) is 9.26. The van der Waals surface area contributed by atoms with E-state index in [1.54, 1.807) is 33.6 Å². The Kier molecular flexibility index (Phi) is 5.73. The van der Waals surface area contributed by atoms with E-state index >= 15 is 0 Å². The molecule has 146 valence electrons. The number of halogens is 1. The molecule has 1 N–H and O–H groups in total. The molecule has 1 amide bonds. The summed E-state index contributed by atoms with van der Waals surface area (Å²) in [4.78, 5) is 24.7. The molecule has 0 aliphatic rings. The number of carbonyl (C=O) groups excluding carboxylic acids is 1. The van der Waals surface area contributed by atoms with Gasteiger partial charge >= 0.3 is 0 Å². The minimum absolute atomic E-state index is 0.0161. The normalized spacial score (nSPS) is 11.0. The predicted octanol–water partition coefficient (Wildman–Crippen LogP) is 3.96. The molecule has 0 saturated heterocycles. The molecule has 0 fully saturated rings. The highest BCUT2D eigenvalue weighted by Gasteiger charge is 2.21. The zero-order chi connectivity index (χ0) is 20.3. The first-order valence-electron chi connectivity index (χ1n) is 9.26. The predicted molar refractivity (Wildman–Crippen MR) is 107 cm³/mol. The highest BCUT2D eigenvalue weighted by atomic mass is 19.1. The van der Waals surface area contributed by atoms with Crippen molar-refractivity contribution in [3.05, 3.63) is 76.2 Å². The number of hydrogen-bond donors (Lipinski definition) is 1. The van der Waals surface area contributed by atoms with Gasteiger partial charge in [0, 0.05) is 18.8 Å². The summed E-state index contributed by atoms with van der Waals surface area (Å²) in [6, 6.07) is 8.99. The lowest BCUT2D eigenvalue weighted by Gasteiger charge is -2.13. The SMILES string of the molecule is CCCn1cc(NC(=O)c2cnn(-c3ccc(F)cc3)c2C(C)C)ccc1=O. The minimum Gasteiger partial charge on any atom is -0.321 e. The van der Waals surface area contributed by atoms with Crippen LogP contribution in [0, 0.1) is 5.82 Å². The van der Waals surface area contributed by atoms with Crippen LogP contribution in [0.1, 0.15) is 49.2 Å². The molecule has 2 heterocycles. The fourth-order valence-electron chi connectivity index (χ4n) is 3.10. The van der Waals surface area contributed by atoms with Crippen LogP contribution in [-0.2, 0) is 6.54 Å². The van der Waals surface area contributed by atoms with E-state index in [-0.39, 0.29) is 23.2 Å². The maximum Gasteiger partial charge on any atom is 0.259 e. The average molecular weight is 382 g/mol. The number of aromatic nitrogens is 3. The van der Waals surface area contributed by atoms with E-state index in [0.29, 0.717) is 23.5 Å². The molecule has 1 aromatic carbocycles. The molecule has 6 nitrogen and oxygen atoms in total. The zero-order valence-electron chi connectivity index (χ0n) is 16.1. The van der Waals surface area contributed by atoms with E-state index in [1.807, 2.05) is 20.8 Å². The van der Waals surface area contributed by atoms with Crippen molar-refractivity contribution in [3.8, 4) is 5.69 Å². The zero-order valence-corrected chi connectivity index (χ0v) is 16.1. The number of benzene rings is 1. The summed E-state index contributed by atoms with van der Waals surface area (Å²) in [6.07, 6.45) is 3.97. The second-order valence-corrected chi connectivity index (χ2v) is 6.89. The Morgan fingerprint density at radius 2 is 1.89 bits per heavy atom. The number of rotatable bonds is 6. The number of amides is 1. The Hall–Kier alpha value is -3.22. The van der Waals surface area contributed by atoms with Gasteiger partial charge in [0.2, 0.25) is 0 Å². The summed E-state index contributed by atoms with van der Waals surface area (Å²) in [5.41, 5.74) is 2.29. The summed E-state index contributed by atoms with van der Waals surface area (Å²) >= 11 is 0. The first kappa shape index (κ1) is 19.5. The van der Waals surface area contributed by atoms with Crippen molar-refractivity contribution in [2.45, 2.75) is 39.7 Å².